The Labute approximate surface area is 111 Å². The third-order valence-electron chi connectivity index (χ3n) is 2.41. The number of benzene rings is 1. The average molecular weight is 282 g/mol. The first-order valence-corrected chi connectivity index (χ1v) is 5.33. The van der Waals surface area contributed by atoms with Crippen LogP contribution in [0.15, 0.2) is 24.4 Å². The molecule has 2 aromatic rings. The molecule has 0 aliphatic rings. The zero-order valence-electron chi connectivity index (χ0n) is 10.1. The molecule has 0 saturated carbocycles. The normalized spacial score (nSPS) is 10.3. The maximum absolute atomic E-state index is 13.8. The summed E-state index contributed by atoms with van der Waals surface area (Å²) < 4.78 is 28.4. The minimum absolute atomic E-state index is 0.115. The van der Waals surface area contributed by atoms with E-state index in [9.17, 15) is 23.7 Å². The minimum Gasteiger partial charge on any atom is -0.305 e. The molecule has 0 radical (unpaired) electrons. The van der Waals surface area contributed by atoms with E-state index in [1.807, 2.05) is 0 Å². The lowest BCUT2D eigenvalue weighted by atomic mass is 10.1. The number of aromatic nitrogens is 2. The summed E-state index contributed by atoms with van der Waals surface area (Å²) in [5.41, 5.74) is -1.86. The summed E-state index contributed by atoms with van der Waals surface area (Å²) in [6.45, 7) is 0. The summed E-state index contributed by atoms with van der Waals surface area (Å²) in [6.07, 6.45) is 1.53. The first-order valence-electron chi connectivity index (χ1n) is 5.33. The van der Waals surface area contributed by atoms with E-state index in [0.29, 0.717) is 12.1 Å². The number of aryl methyl sites for hydroxylation is 1. The highest BCUT2D eigenvalue weighted by molar-refractivity contribution is 6.04. The largest absolute Gasteiger partial charge is 0.308 e. The van der Waals surface area contributed by atoms with Crippen molar-refractivity contribution >= 4 is 17.4 Å². The number of halogens is 2. The van der Waals surface area contributed by atoms with Crippen LogP contribution in [0.4, 0.5) is 20.3 Å². The van der Waals surface area contributed by atoms with Crippen molar-refractivity contribution in [2.24, 2.45) is 7.05 Å². The van der Waals surface area contributed by atoms with Crippen LogP contribution in [0, 0.1) is 21.7 Å². The van der Waals surface area contributed by atoms with Gasteiger partial charge in [0.2, 0.25) is 5.82 Å². The Morgan fingerprint density at radius 2 is 2.15 bits per heavy atom. The van der Waals surface area contributed by atoms with Crippen LogP contribution < -0.4 is 5.32 Å². The molecule has 1 heterocycles. The number of nitro benzene ring substituents is 1. The van der Waals surface area contributed by atoms with E-state index in [0.717, 1.165) is 0 Å². The van der Waals surface area contributed by atoms with Gasteiger partial charge in [-0.15, -0.1) is 0 Å². The first kappa shape index (κ1) is 13.6. The van der Waals surface area contributed by atoms with Gasteiger partial charge in [-0.05, 0) is 6.07 Å². The summed E-state index contributed by atoms with van der Waals surface area (Å²) in [5.74, 6) is -3.39. The van der Waals surface area contributed by atoms with E-state index < -0.39 is 33.7 Å². The van der Waals surface area contributed by atoms with E-state index >= 15 is 0 Å². The van der Waals surface area contributed by atoms with E-state index in [1.165, 1.54) is 16.9 Å². The molecule has 7 nitrogen and oxygen atoms in total. The number of nitrogens with one attached hydrogen (secondary N) is 1. The van der Waals surface area contributed by atoms with Crippen molar-refractivity contribution in [2.45, 2.75) is 0 Å². The second kappa shape index (κ2) is 5.03. The second-order valence-corrected chi connectivity index (χ2v) is 3.87. The summed E-state index contributed by atoms with van der Waals surface area (Å²) in [5, 5.41) is 16.6. The monoisotopic (exact) mass is 282 g/mol. The molecule has 0 saturated heterocycles. The number of hydrogen-bond acceptors (Lipinski definition) is 4. The van der Waals surface area contributed by atoms with Crippen LogP contribution in [-0.4, -0.2) is 20.6 Å². The lowest BCUT2D eigenvalue weighted by Crippen LogP contribution is -2.15. The third-order valence-corrected chi connectivity index (χ3v) is 2.41. The fourth-order valence-electron chi connectivity index (χ4n) is 1.54. The number of rotatable bonds is 3. The number of nitro groups is 1. The molecule has 1 aromatic carbocycles. The van der Waals surface area contributed by atoms with Crippen molar-refractivity contribution in [1.82, 2.24) is 9.78 Å². The van der Waals surface area contributed by atoms with Crippen molar-refractivity contribution in [3.8, 4) is 0 Å². The maximum Gasteiger partial charge on any atom is 0.308 e. The highest BCUT2D eigenvalue weighted by Gasteiger charge is 2.24. The lowest BCUT2D eigenvalue weighted by Gasteiger charge is -2.04. The van der Waals surface area contributed by atoms with Gasteiger partial charge >= 0.3 is 5.69 Å². The standard InChI is InChI=1S/C11H8F2N4O3/c1-16-3-2-9(15-16)14-11(18)7-4-6(12)5-8(10(7)13)17(19)20/h2-5H,1H3,(H,14,15,18). The van der Waals surface area contributed by atoms with Crippen molar-refractivity contribution in [2.75, 3.05) is 5.32 Å². The van der Waals surface area contributed by atoms with Gasteiger partial charge in [-0.25, -0.2) is 4.39 Å². The Balaban J connectivity index is 2.37. The number of carbonyl (C=O) groups is 1. The van der Waals surface area contributed by atoms with E-state index in [4.69, 9.17) is 0 Å². The summed E-state index contributed by atoms with van der Waals surface area (Å²) >= 11 is 0. The van der Waals surface area contributed by atoms with Gasteiger partial charge in [0.15, 0.2) is 5.82 Å². The molecular weight excluding hydrogens is 274 g/mol. The van der Waals surface area contributed by atoms with Crippen molar-refractivity contribution < 1.29 is 18.5 Å². The molecule has 0 bridgehead atoms. The van der Waals surface area contributed by atoms with Crippen molar-refractivity contribution in [3.63, 3.8) is 0 Å². The minimum atomic E-state index is -1.40. The molecule has 0 unspecified atom stereocenters. The van der Waals surface area contributed by atoms with Crippen molar-refractivity contribution in [1.29, 1.82) is 0 Å². The van der Waals surface area contributed by atoms with Gasteiger partial charge in [-0.3, -0.25) is 19.6 Å². The van der Waals surface area contributed by atoms with Gasteiger partial charge in [0, 0.05) is 19.3 Å². The second-order valence-electron chi connectivity index (χ2n) is 3.87. The molecule has 0 fully saturated rings. The van der Waals surface area contributed by atoms with Crippen LogP contribution in [0.5, 0.6) is 0 Å². The van der Waals surface area contributed by atoms with Crippen LogP contribution >= 0.6 is 0 Å². The first-order chi connectivity index (χ1) is 9.38. The predicted octanol–water partition coefficient (Wildman–Crippen LogP) is 1.86. The molecular formula is C11H8F2N4O3. The zero-order valence-corrected chi connectivity index (χ0v) is 10.1. The zero-order chi connectivity index (χ0) is 14.9. The van der Waals surface area contributed by atoms with Gasteiger partial charge in [0.1, 0.15) is 5.82 Å². The molecule has 9 heteroatoms. The highest BCUT2D eigenvalue weighted by Crippen LogP contribution is 2.23. The van der Waals surface area contributed by atoms with E-state index in [-0.39, 0.29) is 5.82 Å². The van der Waals surface area contributed by atoms with Gasteiger partial charge in [-0.2, -0.15) is 9.49 Å². The number of carbonyl (C=O) groups excluding carboxylic acids is 1. The average Bonchev–Trinajstić information content (AvgIpc) is 2.76. The molecule has 2 rings (SSSR count). The molecule has 20 heavy (non-hydrogen) atoms. The molecule has 0 aliphatic carbocycles. The van der Waals surface area contributed by atoms with Crippen LogP contribution in [0.2, 0.25) is 0 Å². The van der Waals surface area contributed by atoms with Gasteiger partial charge in [0.25, 0.3) is 5.91 Å². The van der Waals surface area contributed by atoms with Gasteiger partial charge < -0.3 is 5.32 Å². The summed E-state index contributed by atoms with van der Waals surface area (Å²) in [7, 11) is 1.60. The molecule has 0 spiro atoms. The number of hydrogen-bond donors (Lipinski definition) is 1. The SMILES string of the molecule is Cn1ccc(NC(=O)c2cc(F)cc([N+](=O)[O-])c2F)n1. The van der Waals surface area contributed by atoms with Crippen LogP contribution in [0.1, 0.15) is 10.4 Å². The fourth-order valence-corrected chi connectivity index (χ4v) is 1.54. The topological polar surface area (TPSA) is 90.1 Å². The molecule has 0 atom stereocenters. The molecule has 0 aliphatic heterocycles. The number of amides is 1. The van der Waals surface area contributed by atoms with E-state index in [2.05, 4.69) is 10.4 Å². The van der Waals surface area contributed by atoms with Crippen LogP contribution in [0.25, 0.3) is 0 Å². The van der Waals surface area contributed by atoms with Crippen LogP contribution in [0.3, 0.4) is 0 Å². The van der Waals surface area contributed by atoms with Gasteiger partial charge in [-0.1, -0.05) is 0 Å². The summed E-state index contributed by atoms with van der Waals surface area (Å²) in [6, 6.07) is 2.43. The van der Waals surface area contributed by atoms with Crippen molar-refractivity contribution in [3.05, 3.63) is 51.7 Å². The Hall–Kier alpha value is -2.84. The highest BCUT2D eigenvalue weighted by atomic mass is 19.1. The predicted molar refractivity (Wildman–Crippen MR) is 64.2 cm³/mol. The molecule has 1 aromatic heterocycles. The number of nitrogens with zero attached hydrogens (tertiary/aromatic N) is 3. The Morgan fingerprint density at radius 3 is 2.70 bits per heavy atom. The molecule has 1 N–H and O–H groups in total. The Kier molecular flexibility index (Phi) is 3.42. The fraction of sp³-hybridized carbons (Fsp3) is 0.0909. The Bertz CT molecular complexity index is 699. The third kappa shape index (κ3) is 2.60. The van der Waals surface area contributed by atoms with E-state index in [1.54, 1.807) is 7.05 Å². The number of anilines is 1. The van der Waals surface area contributed by atoms with Crippen LogP contribution in [-0.2, 0) is 7.05 Å². The lowest BCUT2D eigenvalue weighted by molar-refractivity contribution is -0.387. The molecule has 1 amide bonds. The molecule has 104 valence electrons. The maximum atomic E-state index is 13.8. The Morgan fingerprint density at radius 1 is 1.45 bits per heavy atom. The summed E-state index contributed by atoms with van der Waals surface area (Å²) in [4.78, 5) is 21.2. The van der Waals surface area contributed by atoms with Gasteiger partial charge in [0.05, 0.1) is 16.6 Å². The smallest absolute Gasteiger partial charge is 0.305 e. The quantitative estimate of drug-likeness (QED) is 0.687.